The van der Waals surface area contributed by atoms with Crippen LogP contribution in [0.5, 0.6) is 0 Å². The van der Waals surface area contributed by atoms with Gasteiger partial charge in [0, 0.05) is 30.3 Å². The van der Waals surface area contributed by atoms with Crippen LogP contribution in [-0.2, 0) is 16.4 Å². The van der Waals surface area contributed by atoms with E-state index in [0.29, 0.717) is 17.3 Å². The van der Waals surface area contributed by atoms with Gasteiger partial charge in [0.05, 0.1) is 4.90 Å². The van der Waals surface area contributed by atoms with Crippen molar-refractivity contribution in [2.45, 2.75) is 23.8 Å². The minimum absolute atomic E-state index is 0.198. The van der Waals surface area contributed by atoms with E-state index in [4.69, 9.17) is 0 Å². The number of fused-ring (bicyclic) bond motifs is 1. The van der Waals surface area contributed by atoms with Crippen LogP contribution in [0.4, 0.5) is 10.1 Å². The van der Waals surface area contributed by atoms with Gasteiger partial charge in [-0.15, -0.1) is 0 Å². The molecule has 1 atom stereocenters. The molecule has 0 aliphatic heterocycles. The summed E-state index contributed by atoms with van der Waals surface area (Å²) in [4.78, 5) is 2.04. The zero-order valence-electron chi connectivity index (χ0n) is 13.4. The average molecular weight is 413 g/mol. The zero-order valence-corrected chi connectivity index (χ0v) is 15.8. The molecule has 0 amide bonds. The van der Waals surface area contributed by atoms with E-state index in [-0.39, 0.29) is 16.8 Å². The lowest BCUT2D eigenvalue weighted by Crippen LogP contribution is -2.28. The third-order valence-corrected chi connectivity index (χ3v) is 6.67. The summed E-state index contributed by atoms with van der Waals surface area (Å²) in [5.74, 6) is -0.293. The molecule has 1 aliphatic rings. The van der Waals surface area contributed by atoms with E-state index in [1.165, 1.54) is 12.1 Å². The molecular formula is C17H18BrFN2O2S. The number of hydrogen-bond acceptors (Lipinski definition) is 3. The van der Waals surface area contributed by atoms with Crippen LogP contribution in [0.2, 0.25) is 0 Å². The van der Waals surface area contributed by atoms with Crippen LogP contribution >= 0.6 is 15.9 Å². The molecule has 0 heterocycles. The molecule has 2 aromatic carbocycles. The molecule has 128 valence electrons. The topological polar surface area (TPSA) is 49.4 Å². The molecule has 0 saturated heterocycles. The first-order chi connectivity index (χ1) is 11.3. The van der Waals surface area contributed by atoms with Gasteiger partial charge < -0.3 is 4.90 Å². The maximum Gasteiger partial charge on any atom is 0.242 e. The highest BCUT2D eigenvalue weighted by Gasteiger charge is 2.29. The molecule has 2 aromatic rings. The van der Waals surface area contributed by atoms with Crippen LogP contribution < -0.4 is 9.62 Å². The molecule has 0 bridgehead atoms. The molecule has 24 heavy (non-hydrogen) atoms. The highest BCUT2D eigenvalue weighted by atomic mass is 79.9. The van der Waals surface area contributed by atoms with E-state index in [1.807, 2.05) is 25.1 Å². The predicted molar refractivity (Wildman–Crippen MR) is 96.3 cm³/mol. The van der Waals surface area contributed by atoms with E-state index in [0.717, 1.165) is 16.8 Å². The van der Waals surface area contributed by atoms with Crippen LogP contribution in [0.25, 0.3) is 0 Å². The maximum absolute atomic E-state index is 13.3. The van der Waals surface area contributed by atoms with Crippen molar-refractivity contribution in [1.29, 1.82) is 0 Å². The van der Waals surface area contributed by atoms with Crippen LogP contribution in [0.3, 0.4) is 0 Å². The van der Waals surface area contributed by atoms with Crippen molar-refractivity contribution in [2.24, 2.45) is 0 Å². The molecule has 0 saturated carbocycles. The van der Waals surface area contributed by atoms with Crippen molar-refractivity contribution < 1.29 is 12.8 Å². The van der Waals surface area contributed by atoms with E-state index < -0.39 is 10.0 Å². The first-order valence-corrected chi connectivity index (χ1v) is 9.83. The van der Waals surface area contributed by atoms with Gasteiger partial charge in [0.2, 0.25) is 10.0 Å². The van der Waals surface area contributed by atoms with Gasteiger partial charge in [-0.1, -0.05) is 6.07 Å². The Morgan fingerprint density at radius 1 is 1.21 bits per heavy atom. The Kier molecular flexibility index (Phi) is 4.68. The van der Waals surface area contributed by atoms with Crippen molar-refractivity contribution in [1.82, 2.24) is 4.72 Å². The highest BCUT2D eigenvalue weighted by Crippen LogP contribution is 2.34. The number of rotatable bonds is 4. The normalized spacial score (nSPS) is 16.9. The summed E-state index contributed by atoms with van der Waals surface area (Å²) < 4.78 is 42.2. The number of nitrogens with zero attached hydrogens (tertiary/aromatic N) is 1. The third-order valence-electron chi connectivity index (χ3n) is 4.20. The predicted octanol–water partition coefficient (Wildman–Crippen LogP) is 3.62. The fourth-order valence-electron chi connectivity index (χ4n) is 2.94. The van der Waals surface area contributed by atoms with Gasteiger partial charge in [0.1, 0.15) is 5.82 Å². The Bertz CT molecular complexity index is 884. The Morgan fingerprint density at radius 3 is 2.67 bits per heavy atom. The number of hydrogen-bond donors (Lipinski definition) is 1. The van der Waals surface area contributed by atoms with Gasteiger partial charge in [-0.3, -0.25) is 0 Å². The number of nitrogens with one attached hydrogen (secondary N) is 1. The number of benzene rings is 2. The van der Waals surface area contributed by atoms with Gasteiger partial charge >= 0.3 is 0 Å². The Morgan fingerprint density at radius 2 is 1.96 bits per heavy atom. The number of anilines is 1. The second kappa shape index (κ2) is 6.46. The zero-order chi connectivity index (χ0) is 17.5. The van der Waals surface area contributed by atoms with Crippen molar-refractivity contribution in [2.75, 3.05) is 19.0 Å². The largest absolute Gasteiger partial charge is 0.378 e. The molecule has 0 radical (unpaired) electrons. The Labute approximate surface area is 149 Å². The van der Waals surface area contributed by atoms with Gasteiger partial charge in [-0.25, -0.2) is 17.5 Å². The summed E-state index contributed by atoms with van der Waals surface area (Å²) >= 11 is 3.32. The second-order valence-corrected chi connectivity index (χ2v) is 8.60. The van der Waals surface area contributed by atoms with E-state index >= 15 is 0 Å². The fraction of sp³-hybridized carbons (Fsp3) is 0.294. The average Bonchev–Trinajstić information content (AvgIpc) is 2.88. The number of halogens is 2. The summed E-state index contributed by atoms with van der Waals surface area (Å²) in [6.07, 6.45) is 1.29. The smallest absolute Gasteiger partial charge is 0.242 e. The second-order valence-electron chi connectivity index (χ2n) is 6.06. The Balaban J connectivity index is 1.92. The van der Waals surface area contributed by atoms with E-state index in [1.54, 1.807) is 18.2 Å². The lowest BCUT2D eigenvalue weighted by molar-refractivity contribution is 0.554. The summed E-state index contributed by atoms with van der Waals surface area (Å²) in [7, 11) is 0.0114. The van der Waals surface area contributed by atoms with E-state index in [2.05, 4.69) is 20.7 Å². The van der Waals surface area contributed by atoms with Crippen molar-refractivity contribution in [3.05, 3.63) is 57.8 Å². The minimum atomic E-state index is -3.70. The fourth-order valence-corrected chi connectivity index (χ4v) is 5.17. The molecule has 4 nitrogen and oxygen atoms in total. The number of aryl methyl sites for hydroxylation is 1. The first kappa shape index (κ1) is 17.4. The summed E-state index contributed by atoms with van der Waals surface area (Å²) in [5, 5.41) is 0. The molecule has 0 unspecified atom stereocenters. The van der Waals surface area contributed by atoms with Gasteiger partial charge in [0.15, 0.2) is 0 Å². The van der Waals surface area contributed by atoms with Gasteiger partial charge in [0.25, 0.3) is 0 Å². The summed E-state index contributed by atoms with van der Waals surface area (Å²) in [6, 6.07) is 9.38. The van der Waals surface area contributed by atoms with Gasteiger partial charge in [-0.2, -0.15) is 0 Å². The first-order valence-electron chi connectivity index (χ1n) is 7.55. The maximum atomic E-state index is 13.3. The standard InChI is InChI=1S/C17H18BrFN2O2S/c1-21(2)13-5-7-15(18)17(10-13)24(22,23)20-16-8-3-11-9-12(19)4-6-14(11)16/h4-7,9-10,16,20H,3,8H2,1-2H3/t16-/m1/s1. The monoisotopic (exact) mass is 412 g/mol. The van der Waals surface area contributed by atoms with Crippen LogP contribution in [0.15, 0.2) is 45.8 Å². The van der Waals surface area contributed by atoms with Crippen molar-refractivity contribution in [3.63, 3.8) is 0 Å². The van der Waals surface area contributed by atoms with Crippen LogP contribution in [0, 0.1) is 5.82 Å². The molecule has 0 aromatic heterocycles. The summed E-state index contributed by atoms with van der Waals surface area (Å²) in [6.45, 7) is 0. The lowest BCUT2D eigenvalue weighted by Gasteiger charge is -2.18. The van der Waals surface area contributed by atoms with Crippen molar-refractivity contribution in [3.8, 4) is 0 Å². The molecular weight excluding hydrogens is 395 g/mol. The molecule has 1 N–H and O–H groups in total. The summed E-state index contributed by atoms with van der Waals surface area (Å²) in [5.41, 5.74) is 2.51. The molecule has 0 spiro atoms. The minimum Gasteiger partial charge on any atom is -0.378 e. The Hall–Kier alpha value is -1.44. The van der Waals surface area contributed by atoms with Crippen LogP contribution in [-0.4, -0.2) is 22.5 Å². The van der Waals surface area contributed by atoms with Crippen LogP contribution in [0.1, 0.15) is 23.6 Å². The molecule has 1 aliphatic carbocycles. The quantitative estimate of drug-likeness (QED) is 0.833. The highest BCUT2D eigenvalue weighted by molar-refractivity contribution is 9.10. The SMILES string of the molecule is CN(C)c1ccc(Br)c(S(=O)(=O)N[C@@H]2CCc3cc(F)ccc32)c1. The van der Waals surface area contributed by atoms with Gasteiger partial charge in [-0.05, 0) is 70.2 Å². The molecule has 0 fully saturated rings. The molecule has 3 rings (SSSR count). The van der Waals surface area contributed by atoms with Crippen molar-refractivity contribution >= 4 is 31.6 Å². The molecule has 7 heteroatoms. The third kappa shape index (κ3) is 3.34. The van der Waals surface area contributed by atoms with E-state index in [9.17, 15) is 12.8 Å². The lowest BCUT2D eigenvalue weighted by atomic mass is 10.1. The number of sulfonamides is 1.